The van der Waals surface area contributed by atoms with Crippen LogP contribution in [-0.4, -0.2) is 38.3 Å². The van der Waals surface area contributed by atoms with Gasteiger partial charge >= 0.3 is 0 Å². The smallest absolute Gasteiger partial charge is 0.266 e. The van der Waals surface area contributed by atoms with Crippen LogP contribution in [0.15, 0.2) is 53.4 Å². The van der Waals surface area contributed by atoms with E-state index in [9.17, 15) is 4.79 Å². The number of aromatic nitrogens is 2. The summed E-state index contributed by atoms with van der Waals surface area (Å²) in [5.41, 5.74) is 3.07. The van der Waals surface area contributed by atoms with Crippen LogP contribution in [-0.2, 0) is 18.3 Å². The number of para-hydroxylation sites is 2. The summed E-state index contributed by atoms with van der Waals surface area (Å²) in [7, 11) is 3.59. The van der Waals surface area contributed by atoms with E-state index >= 15 is 0 Å². The molecule has 1 saturated heterocycles. The molecule has 0 bridgehead atoms. The number of thioether (sulfide) groups is 1. The Morgan fingerprint density at radius 2 is 1.93 bits per heavy atom. The molecule has 0 saturated carbocycles. The number of nitrogens with zero attached hydrogens (tertiary/aromatic N) is 3. The summed E-state index contributed by atoms with van der Waals surface area (Å²) in [6, 6.07) is 15.8. The molecule has 0 spiro atoms. The first kappa shape index (κ1) is 18.7. The topological polar surface area (TPSA) is 47.4 Å². The van der Waals surface area contributed by atoms with Crippen molar-refractivity contribution < 1.29 is 9.53 Å². The van der Waals surface area contributed by atoms with Crippen LogP contribution in [0.5, 0.6) is 5.75 Å². The molecule has 0 unspecified atom stereocenters. The number of carbonyl (C=O) groups excluding carboxylic acids is 1. The summed E-state index contributed by atoms with van der Waals surface area (Å²) < 4.78 is 7.75. The number of methoxy groups -OCH3 is 1. The maximum Gasteiger partial charge on any atom is 0.266 e. The number of carbonyl (C=O) groups is 1. The lowest BCUT2D eigenvalue weighted by molar-refractivity contribution is -0.122. The van der Waals surface area contributed by atoms with Crippen LogP contribution < -0.4 is 4.74 Å². The maximum atomic E-state index is 12.9. The molecule has 0 aliphatic carbocycles. The lowest BCUT2D eigenvalue weighted by Crippen LogP contribution is -2.30. The summed E-state index contributed by atoms with van der Waals surface area (Å²) in [4.78, 5) is 19.8. The van der Waals surface area contributed by atoms with Gasteiger partial charge in [-0.25, -0.2) is 4.98 Å². The van der Waals surface area contributed by atoms with Crippen molar-refractivity contribution in [2.75, 3.05) is 13.7 Å². The number of amides is 1. The molecule has 1 aliphatic rings. The van der Waals surface area contributed by atoms with Crippen LogP contribution in [0.2, 0.25) is 0 Å². The third kappa shape index (κ3) is 3.55. The SMILES string of the molecule is COc1ccc(CCN2C(=O)/C(=C\c3nc4ccccc4n3C)SC2=S)cc1. The van der Waals surface area contributed by atoms with Gasteiger partial charge < -0.3 is 9.30 Å². The van der Waals surface area contributed by atoms with E-state index in [-0.39, 0.29) is 5.91 Å². The molecule has 0 radical (unpaired) electrons. The van der Waals surface area contributed by atoms with Crippen molar-refractivity contribution in [3.63, 3.8) is 0 Å². The van der Waals surface area contributed by atoms with Gasteiger partial charge in [-0.1, -0.05) is 48.2 Å². The summed E-state index contributed by atoms with van der Waals surface area (Å²) in [5.74, 6) is 1.51. The van der Waals surface area contributed by atoms with Crippen molar-refractivity contribution in [2.24, 2.45) is 7.05 Å². The van der Waals surface area contributed by atoms with Crippen molar-refractivity contribution in [2.45, 2.75) is 6.42 Å². The Morgan fingerprint density at radius 1 is 1.18 bits per heavy atom. The molecule has 28 heavy (non-hydrogen) atoms. The van der Waals surface area contributed by atoms with Crippen molar-refractivity contribution in [1.82, 2.24) is 14.5 Å². The van der Waals surface area contributed by atoms with Gasteiger partial charge in [-0.2, -0.15) is 0 Å². The second-order valence-corrected chi connectivity index (χ2v) is 8.12. The van der Waals surface area contributed by atoms with Gasteiger partial charge in [0.05, 0.1) is 23.0 Å². The molecule has 3 aromatic rings. The predicted octanol–water partition coefficient (Wildman–Crippen LogP) is 4.03. The van der Waals surface area contributed by atoms with Crippen LogP contribution in [0.25, 0.3) is 17.1 Å². The van der Waals surface area contributed by atoms with Gasteiger partial charge in [0.2, 0.25) is 0 Å². The average molecular weight is 410 g/mol. The minimum absolute atomic E-state index is 0.0597. The first-order valence-electron chi connectivity index (χ1n) is 8.86. The molecular weight excluding hydrogens is 390 g/mol. The number of fused-ring (bicyclic) bond motifs is 1. The monoisotopic (exact) mass is 409 g/mol. The summed E-state index contributed by atoms with van der Waals surface area (Å²) in [6.45, 7) is 0.552. The maximum absolute atomic E-state index is 12.9. The second-order valence-electron chi connectivity index (χ2n) is 6.45. The van der Waals surface area contributed by atoms with Gasteiger partial charge in [0.1, 0.15) is 15.9 Å². The van der Waals surface area contributed by atoms with Crippen molar-refractivity contribution in [1.29, 1.82) is 0 Å². The highest BCUT2D eigenvalue weighted by atomic mass is 32.2. The van der Waals surface area contributed by atoms with Gasteiger partial charge in [-0.3, -0.25) is 9.69 Å². The molecule has 2 heterocycles. The minimum atomic E-state index is -0.0597. The Kier molecular flexibility index (Phi) is 5.19. The molecular formula is C21H19N3O2S2. The third-order valence-electron chi connectivity index (χ3n) is 4.74. The average Bonchev–Trinajstić information content (AvgIpc) is 3.17. The number of benzene rings is 2. The van der Waals surface area contributed by atoms with E-state index in [1.807, 2.05) is 66.2 Å². The van der Waals surface area contributed by atoms with Gasteiger partial charge in [-0.15, -0.1) is 0 Å². The van der Waals surface area contributed by atoms with Crippen molar-refractivity contribution in [3.8, 4) is 5.75 Å². The fourth-order valence-electron chi connectivity index (χ4n) is 3.14. The second kappa shape index (κ2) is 7.77. The molecule has 7 heteroatoms. The summed E-state index contributed by atoms with van der Waals surface area (Å²) in [5, 5.41) is 0. The number of thiocarbonyl (C=S) groups is 1. The lowest BCUT2D eigenvalue weighted by atomic mass is 10.1. The molecule has 4 rings (SSSR count). The normalized spacial score (nSPS) is 15.8. The zero-order valence-electron chi connectivity index (χ0n) is 15.6. The Bertz CT molecular complexity index is 1090. The standard InChI is InChI=1S/C21H19N3O2S2/c1-23-17-6-4-3-5-16(17)22-19(23)13-18-20(25)24(21(27)28-18)12-11-14-7-9-15(26-2)10-8-14/h3-10,13H,11-12H2,1-2H3/b18-13+. The Balaban J connectivity index is 1.51. The van der Waals surface area contributed by atoms with Crippen molar-refractivity contribution in [3.05, 3.63) is 64.8 Å². The lowest BCUT2D eigenvalue weighted by Gasteiger charge is -2.14. The van der Waals surface area contributed by atoms with Crippen LogP contribution >= 0.6 is 24.0 Å². The molecule has 1 aromatic heterocycles. The van der Waals surface area contributed by atoms with E-state index < -0.39 is 0 Å². The van der Waals surface area contributed by atoms with Crippen molar-refractivity contribution >= 4 is 51.3 Å². The van der Waals surface area contributed by atoms with Gasteiger partial charge in [0, 0.05) is 19.7 Å². The number of hydrogen-bond acceptors (Lipinski definition) is 5. The summed E-state index contributed by atoms with van der Waals surface area (Å²) in [6.07, 6.45) is 2.56. The number of imidazole rings is 1. The molecule has 142 valence electrons. The van der Waals surface area contributed by atoms with E-state index in [4.69, 9.17) is 17.0 Å². The van der Waals surface area contributed by atoms with Gasteiger partial charge in [-0.05, 0) is 36.2 Å². The third-order valence-corrected chi connectivity index (χ3v) is 6.12. The fourth-order valence-corrected chi connectivity index (χ4v) is 4.41. The van der Waals surface area contributed by atoms with E-state index in [0.717, 1.165) is 34.6 Å². The molecule has 2 aromatic carbocycles. The highest BCUT2D eigenvalue weighted by Crippen LogP contribution is 2.33. The highest BCUT2D eigenvalue weighted by Gasteiger charge is 2.32. The van der Waals surface area contributed by atoms with E-state index in [1.165, 1.54) is 11.8 Å². The van der Waals surface area contributed by atoms with Crippen LogP contribution in [0.4, 0.5) is 0 Å². The zero-order valence-corrected chi connectivity index (χ0v) is 17.2. The van der Waals surface area contributed by atoms with E-state index in [1.54, 1.807) is 12.0 Å². The first-order chi connectivity index (χ1) is 13.6. The largest absolute Gasteiger partial charge is 0.497 e. The van der Waals surface area contributed by atoms with E-state index in [2.05, 4.69) is 4.98 Å². The Labute approximate surface area is 173 Å². The van der Waals surface area contributed by atoms with Gasteiger partial charge in [0.15, 0.2) is 0 Å². The highest BCUT2D eigenvalue weighted by molar-refractivity contribution is 8.26. The summed E-state index contributed by atoms with van der Waals surface area (Å²) >= 11 is 6.78. The van der Waals surface area contributed by atoms with Crippen LogP contribution in [0, 0.1) is 0 Å². The molecule has 0 N–H and O–H groups in total. The Morgan fingerprint density at radius 3 is 2.64 bits per heavy atom. The number of ether oxygens (including phenoxy) is 1. The molecule has 5 nitrogen and oxygen atoms in total. The molecule has 1 amide bonds. The molecule has 1 aliphatic heterocycles. The quantitative estimate of drug-likeness (QED) is 0.470. The molecule has 0 atom stereocenters. The Hall–Kier alpha value is -2.64. The van der Waals surface area contributed by atoms with E-state index in [0.29, 0.717) is 15.8 Å². The first-order valence-corrected chi connectivity index (χ1v) is 10.1. The molecule has 1 fully saturated rings. The van der Waals surface area contributed by atoms with Crippen LogP contribution in [0.1, 0.15) is 11.4 Å². The van der Waals surface area contributed by atoms with Gasteiger partial charge in [0.25, 0.3) is 5.91 Å². The number of rotatable bonds is 5. The fraction of sp³-hybridized carbons (Fsp3) is 0.190. The zero-order chi connectivity index (χ0) is 19.7. The number of hydrogen-bond donors (Lipinski definition) is 0. The number of aryl methyl sites for hydroxylation is 1. The minimum Gasteiger partial charge on any atom is -0.497 e. The van der Waals surface area contributed by atoms with Crippen LogP contribution in [0.3, 0.4) is 0 Å². The predicted molar refractivity (Wildman–Crippen MR) is 117 cm³/mol.